The van der Waals surface area contributed by atoms with Crippen molar-refractivity contribution in [3.63, 3.8) is 0 Å². The van der Waals surface area contributed by atoms with Crippen LogP contribution in [0, 0.1) is 0 Å². The Kier molecular flexibility index (Phi) is 6.41. The van der Waals surface area contributed by atoms with Crippen LogP contribution in [0.25, 0.3) is 0 Å². The van der Waals surface area contributed by atoms with E-state index in [9.17, 15) is 14.4 Å². The van der Waals surface area contributed by atoms with E-state index in [1.165, 1.54) is 16.7 Å². The van der Waals surface area contributed by atoms with Gasteiger partial charge in [-0.3, -0.25) is 19.3 Å². The number of nitrogens with one attached hydrogen (secondary N) is 1. The molecule has 6 nitrogen and oxygen atoms in total. The van der Waals surface area contributed by atoms with Crippen molar-refractivity contribution in [1.82, 2.24) is 4.90 Å². The van der Waals surface area contributed by atoms with Gasteiger partial charge in [0.1, 0.15) is 0 Å². The van der Waals surface area contributed by atoms with Gasteiger partial charge in [-0.1, -0.05) is 23.7 Å². The van der Waals surface area contributed by atoms with Crippen molar-refractivity contribution in [2.45, 2.75) is 24.7 Å². The molecule has 8 heteroatoms. The summed E-state index contributed by atoms with van der Waals surface area (Å²) in [6.45, 7) is 0.940. The second-order valence-corrected chi connectivity index (χ2v) is 8.71. The Hall–Kier alpha value is -2.35. The van der Waals surface area contributed by atoms with Gasteiger partial charge in [0.15, 0.2) is 0 Å². The number of rotatable bonds is 7. The third-order valence-corrected chi connectivity index (χ3v) is 6.34. The number of fused-ring (bicyclic) bond motifs is 1. The van der Waals surface area contributed by atoms with E-state index < -0.39 is 0 Å². The quantitative estimate of drug-likeness (QED) is 0.653. The van der Waals surface area contributed by atoms with Gasteiger partial charge in [-0.15, -0.1) is 11.8 Å². The Bertz CT molecular complexity index is 974. The van der Waals surface area contributed by atoms with E-state index in [2.05, 4.69) is 5.32 Å². The van der Waals surface area contributed by atoms with Crippen molar-refractivity contribution in [3.8, 4) is 0 Å². The van der Waals surface area contributed by atoms with Crippen molar-refractivity contribution < 1.29 is 19.1 Å². The number of hydrogen-bond acceptors (Lipinski definition) is 5. The molecule has 4 rings (SSSR count). The minimum Gasteiger partial charge on any atom is -0.376 e. The fraction of sp³-hybridized carbons (Fsp3) is 0.318. The predicted molar refractivity (Wildman–Crippen MR) is 117 cm³/mol. The largest absolute Gasteiger partial charge is 0.376 e. The summed E-state index contributed by atoms with van der Waals surface area (Å²) in [7, 11) is 0. The molecule has 2 heterocycles. The summed E-state index contributed by atoms with van der Waals surface area (Å²) >= 11 is 7.36. The first-order valence-corrected chi connectivity index (χ1v) is 11.3. The topological polar surface area (TPSA) is 75.7 Å². The maximum atomic E-state index is 12.7. The van der Waals surface area contributed by atoms with Gasteiger partial charge in [-0.25, -0.2) is 0 Å². The van der Waals surface area contributed by atoms with Gasteiger partial charge in [0.05, 0.1) is 29.5 Å². The van der Waals surface area contributed by atoms with Crippen LogP contribution in [0.3, 0.4) is 0 Å². The molecule has 0 aliphatic carbocycles. The molecule has 3 amide bonds. The third kappa shape index (κ3) is 4.69. The Morgan fingerprint density at radius 1 is 1.13 bits per heavy atom. The summed E-state index contributed by atoms with van der Waals surface area (Å²) in [5, 5.41) is 3.48. The molecule has 0 aromatic heterocycles. The average molecular weight is 445 g/mol. The van der Waals surface area contributed by atoms with Crippen LogP contribution in [-0.2, 0) is 15.3 Å². The summed E-state index contributed by atoms with van der Waals surface area (Å²) < 4.78 is 5.55. The molecule has 0 bridgehead atoms. The fourth-order valence-corrected chi connectivity index (χ4v) is 4.48. The lowest BCUT2D eigenvalue weighted by molar-refractivity contribution is -0.113. The lowest BCUT2D eigenvalue weighted by Gasteiger charge is -2.17. The molecular weight excluding hydrogens is 424 g/mol. The fourth-order valence-electron chi connectivity index (χ4n) is 3.57. The number of ether oxygens (including phenoxy) is 1. The van der Waals surface area contributed by atoms with Gasteiger partial charge in [-0.05, 0) is 48.7 Å². The SMILES string of the molecule is O=C(CSCc1ccc(Cl)cc1)Nc1ccc2c(c1)C(=O)N(CC1CCCO1)C2=O. The smallest absolute Gasteiger partial charge is 0.261 e. The van der Waals surface area contributed by atoms with Gasteiger partial charge in [0.2, 0.25) is 5.91 Å². The molecule has 2 aliphatic rings. The van der Waals surface area contributed by atoms with Crippen LogP contribution in [0.5, 0.6) is 0 Å². The third-order valence-electron chi connectivity index (χ3n) is 5.08. The van der Waals surface area contributed by atoms with E-state index in [-0.39, 0.29) is 36.1 Å². The van der Waals surface area contributed by atoms with Crippen molar-refractivity contribution in [2.75, 3.05) is 24.2 Å². The van der Waals surface area contributed by atoms with E-state index in [1.807, 2.05) is 24.3 Å². The molecule has 0 radical (unpaired) electrons. The van der Waals surface area contributed by atoms with Gasteiger partial charge >= 0.3 is 0 Å². The minimum atomic E-state index is -0.335. The van der Waals surface area contributed by atoms with Crippen LogP contribution in [-0.4, -0.2) is 47.6 Å². The van der Waals surface area contributed by atoms with E-state index in [4.69, 9.17) is 16.3 Å². The van der Waals surface area contributed by atoms with Crippen molar-refractivity contribution >= 4 is 46.8 Å². The lowest BCUT2D eigenvalue weighted by Crippen LogP contribution is -2.36. The van der Waals surface area contributed by atoms with Crippen LogP contribution in [0.4, 0.5) is 5.69 Å². The van der Waals surface area contributed by atoms with E-state index >= 15 is 0 Å². The average Bonchev–Trinajstić information content (AvgIpc) is 3.33. The number of benzene rings is 2. The van der Waals surface area contributed by atoms with Crippen LogP contribution in [0.1, 0.15) is 39.1 Å². The number of imide groups is 1. The number of nitrogens with zero attached hydrogens (tertiary/aromatic N) is 1. The molecule has 2 aromatic rings. The van der Waals surface area contributed by atoms with Gasteiger partial charge in [0.25, 0.3) is 11.8 Å². The molecule has 0 spiro atoms. The Morgan fingerprint density at radius 3 is 2.63 bits per heavy atom. The maximum absolute atomic E-state index is 12.7. The van der Waals surface area contributed by atoms with E-state index in [0.29, 0.717) is 34.2 Å². The van der Waals surface area contributed by atoms with Crippen LogP contribution >= 0.6 is 23.4 Å². The van der Waals surface area contributed by atoms with Crippen molar-refractivity contribution in [3.05, 3.63) is 64.2 Å². The number of amides is 3. The molecule has 1 N–H and O–H groups in total. The molecule has 1 unspecified atom stereocenters. The van der Waals surface area contributed by atoms with E-state index in [0.717, 1.165) is 18.4 Å². The van der Waals surface area contributed by atoms with Crippen LogP contribution in [0.15, 0.2) is 42.5 Å². The first-order chi connectivity index (χ1) is 14.5. The Balaban J connectivity index is 1.33. The standard InChI is InChI=1S/C22H21ClN2O4S/c23-15-5-3-14(4-6-15)12-30-13-20(26)24-16-7-8-18-19(10-16)22(28)25(21(18)27)11-17-2-1-9-29-17/h3-8,10,17H,1-2,9,11-13H2,(H,24,26). The summed E-state index contributed by atoms with van der Waals surface area (Å²) in [6.07, 6.45) is 1.70. The Morgan fingerprint density at radius 2 is 1.90 bits per heavy atom. The number of carbonyl (C=O) groups excluding carboxylic acids is 3. The summed E-state index contributed by atoms with van der Waals surface area (Å²) in [4.78, 5) is 38.8. The van der Waals surface area contributed by atoms with E-state index in [1.54, 1.807) is 18.2 Å². The normalized spacial score (nSPS) is 18.0. The van der Waals surface area contributed by atoms with Gasteiger partial charge in [0, 0.05) is 23.1 Å². The second-order valence-electron chi connectivity index (χ2n) is 7.28. The summed E-state index contributed by atoms with van der Waals surface area (Å²) in [5.74, 6) is 0.167. The zero-order chi connectivity index (χ0) is 21.1. The monoisotopic (exact) mass is 444 g/mol. The number of carbonyl (C=O) groups is 3. The molecule has 1 atom stereocenters. The zero-order valence-electron chi connectivity index (χ0n) is 16.2. The Labute approximate surface area is 183 Å². The zero-order valence-corrected chi connectivity index (χ0v) is 17.8. The van der Waals surface area contributed by atoms with Gasteiger partial charge < -0.3 is 10.1 Å². The molecule has 1 fully saturated rings. The van der Waals surface area contributed by atoms with Crippen molar-refractivity contribution in [1.29, 1.82) is 0 Å². The highest BCUT2D eigenvalue weighted by molar-refractivity contribution is 7.99. The van der Waals surface area contributed by atoms with Crippen LogP contribution < -0.4 is 5.32 Å². The molecule has 2 aromatic carbocycles. The molecule has 30 heavy (non-hydrogen) atoms. The molecule has 2 aliphatic heterocycles. The maximum Gasteiger partial charge on any atom is 0.261 e. The highest BCUT2D eigenvalue weighted by Crippen LogP contribution is 2.27. The number of thioether (sulfide) groups is 1. The highest BCUT2D eigenvalue weighted by Gasteiger charge is 2.37. The predicted octanol–water partition coefficient (Wildman–Crippen LogP) is 3.99. The van der Waals surface area contributed by atoms with Gasteiger partial charge in [-0.2, -0.15) is 0 Å². The first-order valence-electron chi connectivity index (χ1n) is 9.75. The lowest BCUT2D eigenvalue weighted by atomic mass is 10.1. The van der Waals surface area contributed by atoms with Crippen molar-refractivity contribution in [2.24, 2.45) is 0 Å². The number of halogens is 1. The number of anilines is 1. The molecule has 1 saturated heterocycles. The summed E-state index contributed by atoms with van der Waals surface area (Å²) in [6, 6.07) is 12.3. The molecule has 0 saturated carbocycles. The first kappa shape index (κ1) is 20.9. The highest BCUT2D eigenvalue weighted by atomic mass is 35.5. The molecular formula is C22H21ClN2O4S. The number of hydrogen-bond donors (Lipinski definition) is 1. The summed E-state index contributed by atoms with van der Waals surface area (Å²) in [5.41, 5.74) is 2.29. The minimum absolute atomic E-state index is 0.0935. The van der Waals surface area contributed by atoms with Crippen LogP contribution in [0.2, 0.25) is 5.02 Å². The molecule has 156 valence electrons. The second kappa shape index (κ2) is 9.20.